The van der Waals surface area contributed by atoms with Crippen LogP contribution >= 0.6 is 0 Å². The molecule has 8 heteroatoms. The molecule has 0 aliphatic carbocycles. The first-order valence-electron chi connectivity index (χ1n) is 7.32. The molecule has 1 aliphatic heterocycles. The quantitative estimate of drug-likeness (QED) is 0.899. The zero-order valence-corrected chi connectivity index (χ0v) is 13.6. The molecule has 122 valence electrons. The predicted molar refractivity (Wildman–Crippen MR) is 87.3 cm³/mol. The second-order valence-corrected chi connectivity index (χ2v) is 6.92. The van der Waals surface area contributed by atoms with E-state index in [9.17, 15) is 8.42 Å². The Bertz CT molecular complexity index is 772. The summed E-state index contributed by atoms with van der Waals surface area (Å²) in [4.78, 5) is 10.2. The summed E-state index contributed by atoms with van der Waals surface area (Å²) < 4.78 is 32.2. The van der Waals surface area contributed by atoms with Gasteiger partial charge in [-0.15, -0.1) is 0 Å². The number of rotatable bonds is 5. The van der Waals surface area contributed by atoms with Crippen molar-refractivity contribution in [3.05, 3.63) is 36.7 Å². The van der Waals surface area contributed by atoms with E-state index < -0.39 is 10.0 Å². The summed E-state index contributed by atoms with van der Waals surface area (Å²) in [7, 11) is -2.24. The van der Waals surface area contributed by atoms with Gasteiger partial charge in [-0.05, 0) is 37.1 Å². The minimum atomic E-state index is -3.69. The maximum absolute atomic E-state index is 12.4. The van der Waals surface area contributed by atoms with E-state index in [2.05, 4.69) is 19.6 Å². The maximum atomic E-state index is 12.4. The minimum absolute atomic E-state index is 0.167. The lowest BCUT2D eigenvalue weighted by atomic mass is 10.3. The van der Waals surface area contributed by atoms with Gasteiger partial charge in [-0.25, -0.2) is 18.4 Å². The van der Waals surface area contributed by atoms with Crippen LogP contribution in [0.1, 0.15) is 12.8 Å². The molecule has 1 aromatic heterocycles. The van der Waals surface area contributed by atoms with Crippen LogP contribution in [0.15, 0.2) is 41.6 Å². The highest BCUT2D eigenvalue weighted by atomic mass is 32.2. The van der Waals surface area contributed by atoms with Crippen molar-refractivity contribution in [3.63, 3.8) is 0 Å². The molecule has 3 rings (SSSR count). The van der Waals surface area contributed by atoms with Crippen LogP contribution in [0.3, 0.4) is 0 Å². The smallest absolute Gasteiger partial charge is 0.263 e. The fraction of sp³-hybridized carbons (Fsp3) is 0.333. The van der Waals surface area contributed by atoms with E-state index in [-0.39, 0.29) is 10.7 Å². The van der Waals surface area contributed by atoms with Crippen molar-refractivity contribution >= 4 is 21.5 Å². The third-order valence-electron chi connectivity index (χ3n) is 3.71. The highest BCUT2D eigenvalue weighted by Gasteiger charge is 2.17. The molecule has 1 saturated heterocycles. The van der Waals surface area contributed by atoms with Gasteiger partial charge in [-0.1, -0.05) is 0 Å². The Kier molecular flexibility index (Phi) is 4.33. The summed E-state index contributed by atoms with van der Waals surface area (Å²) >= 11 is 0. The van der Waals surface area contributed by atoms with Crippen LogP contribution < -0.4 is 14.4 Å². The second kappa shape index (κ2) is 6.41. The van der Waals surface area contributed by atoms with Crippen LogP contribution in [0.25, 0.3) is 0 Å². The number of methoxy groups -OCH3 is 1. The van der Waals surface area contributed by atoms with Gasteiger partial charge in [0.1, 0.15) is 12.1 Å². The standard InChI is InChI=1S/C15H18N4O3S/c1-22-15-10-14(16-11-17-15)18-23(20,21)13-6-4-12(5-7-13)19-8-2-3-9-19/h4-7,10-11H,2-3,8-9H2,1H3,(H,16,17,18). The first kappa shape index (κ1) is 15.5. The summed E-state index contributed by atoms with van der Waals surface area (Å²) in [6.45, 7) is 2.04. The van der Waals surface area contributed by atoms with Gasteiger partial charge >= 0.3 is 0 Å². The van der Waals surface area contributed by atoms with Gasteiger partial charge in [0.25, 0.3) is 10.0 Å². The predicted octanol–water partition coefficient (Wildman–Crippen LogP) is 1.89. The SMILES string of the molecule is COc1cc(NS(=O)(=O)c2ccc(N3CCCC3)cc2)ncn1. The highest BCUT2D eigenvalue weighted by Crippen LogP contribution is 2.23. The molecule has 0 saturated carbocycles. The Morgan fingerprint density at radius 3 is 2.48 bits per heavy atom. The monoisotopic (exact) mass is 334 g/mol. The van der Waals surface area contributed by atoms with Crippen molar-refractivity contribution in [2.45, 2.75) is 17.7 Å². The molecule has 0 radical (unpaired) electrons. The number of anilines is 2. The van der Waals surface area contributed by atoms with Crippen LogP contribution in [-0.4, -0.2) is 38.6 Å². The van der Waals surface area contributed by atoms with Gasteiger partial charge in [-0.2, -0.15) is 0 Å². The Labute approximate surface area is 135 Å². The fourth-order valence-corrected chi connectivity index (χ4v) is 3.51. The van der Waals surface area contributed by atoms with Crippen molar-refractivity contribution in [2.75, 3.05) is 29.8 Å². The van der Waals surface area contributed by atoms with Gasteiger partial charge in [0.2, 0.25) is 5.88 Å². The van der Waals surface area contributed by atoms with Crippen LogP contribution in [0.4, 0.5) is 11.5 Å². The van der Waals surface area contributed by atoms with Crippen molar-refractivity contribution in [2.24, 2.45) is 0 Å². The lowest BCUT2D eigenvalue weighted by Gasteiger charge is -2.17. The molecule has 23 heavy (non-hydrogen) atoms. The van der Waals surface area contributed by atoms with E-state index in [4.69, 9.17) is 4.74 Å². The maximum Gasteiger partial charge on any atom is 0.263 e. The minimum Gasteiger partial charge on any atom is -0.481 e. The number of ether oxygens (including phenoxy) is 1. The number of nitrogens with zero attached hydrogens (tertiary/aromatic N) is 3. The van der Waals surface area contributed by atoms with Crippen molar-refractivity contribution in [1.29, 1.82) is 0 Å². The molecule has 1 aromatic carbocycles. The molecule has 0 spiro atoms. The fourth-order valence-electron chi connectivity index (χ4n) is 2.51. The van der Waals surface area contributed by atoms with Crippen LogP contribution in [-0.2, 0) is 10.0 Å². The zero-order valence-electron chi connectivity index (χ0n) is 12.8. The van der Waals surface area contributed by atoms with Gasteiger partial charge < -0.3 is 9.64 Å². The Hall–Kier alpha value is -2.35. The number of aromatic nitrogens is 2. The van der Waals surface area contributed by atoms with E-state index in [1.807, 2.05) is 12.1 Å². The van der Waals surface area contributed by atoms with Gasteiger partial charge in [0.05, 0.1) is 12.0 Å². The molecular formula is C15H18N4O3S. The molecule has 0 unspecified atom stereocenters. The van der Waals surface area contributed by atoms with E-state index in [0.29, 0.717) is 5.88 Å². The Balaban J connectivity index is 1.78. The molecule has 1 aliphatic rings. The molecule has 2 heterocycles. The van der Waals surface area contributed by atoms with Crippen LogP contribution in [0.2, 0.25) is 0 Å². The number of hydrogen-bond donors (Lipinski definition) is 1. The average Bonchev–Trinajstić information content (AvgIpc) is 3.09. The summed E-state index contributed by atoms with van der Waals surface area (Å²) in [5.74, 6) is 0.461. The van der Waals surface area contributed by atoms with E-state index in [1.54, 1.807) is 12.1 Å². The molecule has 2 aromatic rings. The number of sulfonamides is 1. The molecule has 0 amide bonds. The number of benzene rings is 1. The van der Waals surface area contributed by atoms with E-state index in [0.717, 1.165) is 18.8 Å². The Morgan fingerprint density at radius 2 is 1.83 bits per heavy atom. The molecular weight excluding hydrogens is 316 g/mol. The van der Waals surface area contributed by atoms with Crippen molar-refractivity contribution < 1.29 is 13.2 Å². The molecule has 7 nitrogen and oxygen atoms in total. The van der Waals surface area contributed by atoms with Crippen molar-refractivity contribution in [1.82, 2.24) is 9.97 Å². The third kappa shape index (κ3) is 3.53. The second-order valence-electron chi connectivity index (χ2n) is 5.24. The zero-order chi connectivity index (χ0) is 16.3. The summed E-state index contributed by atoms with van der Waals surface area (Å²) in [6.07, 6.45) is 3.60. The first-order chi connectivity index (χ1) is 11.1. The normalized spacial score (nSPS) is 14.7. The average molecular weight is 334 g/mol. The van der Waals surface area contributed by atoms with E-state index in [1.165, 1.54) is 32.3 Å². The first-order valence-corrected chi connectivity index (χ1v) is 8.81. The molecule has 1 N–H and O–H groups in total. The Morgan fingerprint density at radius 1 is 1.13 bits per heavy atom. The van der Waals surface area contributed by atoms with E-state index >= 15 is 0 Å². The number of hydrogen-bond acceptors (Lipinski definition) is 6. The lowest BCUT2D eigenvalue weighted by molar-refractivity contribution is 0.397. The lowest BCUT2D eigenvalue weighted by Crippen LogP contribution is -2.18. The van der Waals surface area contributed by atoms with Gasteiger partial charge in [0, 0.05) is 24.8 Å². The summed E-state index contributed by atoms with van der Waals surface area (Å²) in [5, 5.41) is 0. The molecule has 1 fully saturated rings. The summed E-state index contributed by atoms with van der Waals surface area (Å²) in [5.41, 5.74) is 1.05. The topological polar surface area (TPSA) is 84.4 Å². The molecule has 0 bridgehead atoms. The van der Waals surface area contributed by atoms with Crippen molar-refractivity contribution in [3.8, 4) is 5.88 Å². The van der Waals surface area contributed by atoms with Crippen LogP contribution in [0.5, 0.6) is 5.88 Å². The highest BCUT2D eigenvalue weighted by molar-refractivity contribution is 7.92. The third-order valence-corrected chi connectivity index (χ3v) is 5.08. The largest absolute Gasteiger partial charge is 0.481 e. The summed E-state index contributed by atoms with van der Waals surface area (Å²) in [6, 6.07) is 8.31. The molecule has 0 atom stereocenters. The van der Waals surface area contributed by atoms with Gasteiger partial charge in [-0.3, -0.25) is 4.72 Å². The van der Waals surface area contributed by atoms with Crippen LogP contribution in [0, 0.1) is 0 Å². The van der Waals surface area contributed by atoms with Gasteiger partial charge in [0.15, 0.2) is 0 Å². The number of nitrogens with one attached hydrogen (secondary N) is 1.